The summed E-state index contributed by atoms with van der Waals surface area (Å²) in [5, 5.41) is 25.5. The van der Waals surface area contributed by atoms with E-state index >= 15 is 0 Å². The van der Waals surface area contributed by atoms with Crippen molar-refractivity contribution in [2.45, 2.75) is 24.8 Å². The first-order valence-electron chi connectivity index (χ1n) is 9.11. The number of nitrogens with zero attached hydrogens (tertiary/aromatic N) is 2. The summed E-state index contributed by atoms with van der Waals surface area (Å²) in [6, 6.07) is 3.48. The lowest BCUT2D eigenvalue weighted by atomic mass is 9.99. The summed E-state index contributed by atoms with van der Waals surface area (Å²) in [5.74, 6) is 0. The second-order valence-corrected chi connectivity index (χ2v) is 6.88. The number of alkyl halides is 6. The van der Waals surface area contributed by atoms with Gasteiger partial charge in [0.15, 0.2) is 6.35 Å². The SMILES string of the molecule is OC(CNCCN1CCNC1O)c1cc(C(F)(F)F)nc2c(C(F)(F)F)cccc12. The second kappa shape index (κ2) is 8.63. The summed E-state index contributed by atoms with van der Waals surface area (Å²) in [4.78, 5) is 4.90. The normalized spacial score (nSPS) is 19.5. The highest BCUT2D eigenvalue weighted by Gasteiger charge is 2.38. The van der Waals surface area contributed by atoms with Gasteiger partial charge in [0.1, 0.15) is 5.69 Å². The standard InChI is InChI=1S/C18H20F6N4O2/c19-17(20,21)12-3-1-2-10-11(8-14(18(22,23)24)27-15(10)12)13(29)9-25-4-6-28-7-5-26-16(28)30/h1-3,8,13,16,25-26,29-30H,4-7,9H2. The number of hydrogen-bond donors (Lipinski definition) is 4. The molecule has 1 aromatic heterocycles. The van der Waals surface area contributed by atoms with E-state index in [0.717, 1.165) is 6.07 Å². The molecule has 2 heterocycles. The number of hydrogen-bond acceptors (Lipinski definition) is 6. The minimum atomic E-state index is -4.98. The lowest BCUT2D eigenvalue weighted by Gasteiger charge is -2.21. The van der Waals surface area contributed by atoms with Crippen LogP contribution in [0.3, 0.4) is 0 Å². The zero-order valence-electron chi connectivity index (χ0n) is 15.6. The summed E-state index contributed by atoms with van der Waals surface area (Å²) in [6.45, 7) is 1.73. The van der Waals surface area contributed by atoms with E-state index in [4.69, 9.17) is 0 Å². The molecule has 1 saturated heterocycles. The van der Waals surface area contributed by atoms with Crippen LogP contribution in [0.2, 0.25) is 0 Å². The fourth-order valence-corrected chi connectivity index (χ4v) is 3.32. The molecule has 1 aliphatic heterocycles. The van der Waals surface area contributed by atoms with Crippen molar-refractivity contribution >= 4 is 10.9 Å². The van der Waals surface area contributed by atoms with Crippen molar-refractivity contribution in [2.75, 3.05) is 32.7 Å². The smallest absolute Gasteiger partial charge is 0.387 e. The van der Waals surface area contributed by atoms with E-state index in [9.17, 15) is 36.6 Å². The van der Waals surface area contributed by atoms with Crippen LogP contribution in [-0.2, 0) is 12.4 Å². The van der Waals surface area contributed by atoms with Crippen LogP contribution in [0.15, 0.2) is 24.3 Å². The Bertz CT molecular complexity index is 889. The number of benzene rings is 1. The largest absolute Gasteiger partial charge is 0.433 e. The Morgan fingerprint density at radius 3 is 2.53 bits per heavy atom. The van der Waals surface area contributed by atoms with Gasteiger partial charge in [-0.25, -0.2) is 4.98 Å². The molecular weight excluding hydrogens is 418 g/mol. The topological polar surface area (TPSA) is 80.7 Å². The molecule has 6 nitrogen and oxygen atoms in total. The number of halogens is 6. The van der Waals surface area contributed by atoms with Gasteiger partial charge in [0.05, 0.1) is 17.2 Å². The zero-order chi connectivity index (χ0) is 22.1. The summed E-state index contributed by atoms with van der Waals surface area (Å²) in [6.07, 6.45) is -12.2. The van der Waals surface area contributed by atoms with Crippen molar-refractivity contribution in [1.82, 2.24) is 20.5 Å². The third-order valence-electron chi connectivity index (χ3n) is 4.81. The third-order valence-corrected chi connectivity index (χ3v) is 4.81. The van der Waals surface area contributed by atoms with Crippen molar-refractivity contribution < 1.29 is 36.6 Å². The first-order chi connectivity index (χ1) is 14.0. The molecule has 30 heavy (non-hydrogen) atoms. The Kier molecular flexibility index (Phi) is 6.53. The van der Waals surface area contributed by atoms with Gasteiger partial charge in [-0.2, -0.15) is 26.3 Å². The van der Waals surface area contributed by atoms with E-state index in [1.807, 2.05) is 0 Å². The number of aromatic nitrogens is 1. The fourth-order valence-electron chi connectivity index (χ4n) is 3.32. The van der Waals surface area contributed by atoms with Crippen LogP contribution < -0.4 is 10.6 Å². The molecule has 166 valence electrons. The monoisotopic (exact) mass is 438 g/mol. The molecule has 3 rings (SSSR count). The first kappa shape index (κ1) is 22.7. The highest BCUT2D eigenvalue weighted by atomic mass is 19.4. The molecule has 0 amide bonds. The molecule has 2 atom stereocenters. The quantitative estimate of drug-likeness (QED) is 0.409. The van der Waals surface area contributed by atoms with Gasteiger partial charge in [-0.15, -0.1) is 0 Å². The maximum atomic E-state index is 13.3. The Morgan fingerprint density at radius 2 is 1.93 bits per heavy atom. The van der Waals surface area contributed by atoms with Crippen molar-refractivity contribution in [3.05, 3.63) is 41.1 Å². The highest BCUT2D eigenvalue weighted by Crippen LogP contribution is 2.38. The van der Waals surface area contributed by atoms with E-state index in [1.165, 1.54) is 6.07 Å². The zero-order valence-corrected chi connectivity index (χ0v) is 15.6. The molecule has 2 aromatic rings. The number of pyridine rings is 1. The van der Waals surface area contributed by atoms with Gasteiger partial charge in [0, 0.05) is 38.1 Å². The average molecular weight is 438 g/mol. The van der Waals surface area contributed by atoms with Gasteiger partial charge in [-0.1, -0.05) is 12.1 Å². The highest BCUT2D eigenvalue weighted by molar-refractivity contribution is 5.86. The number of fused-ring (bicyclic) bond motifs is 1. The van der Waals surface area contributed by atoms with E-state index < -0.39 is 41.6 Å². The van der Waals surface area contributed by atoms with Gasteiger partial charge in [-0.05, 0) is 17.7 Å². The molecule has 12 heteroatoms. The molecule has 0 bridgehead atoms. The predicted molar refractivity (Wildman–Crippen MR) is 95.2 cm³/mol. The number of aliphatic hydroxyl groups excluding tert-OH is 2. The van der Waals surface area contributed by atoms with Gasteiger partial charge in [0.2, 0.25) is 0 Å². The summed E-state index contributed by atoms with van der Waals surface area (Å²) in [5.41, 5.74) is -3.97. The van der Waals surface area contributed by atoms with Crippen LogP contribution in [0.5, 0.6) is 0 Å². The molecule has 1 aromatic carbocycles. The van der Waals surface area contributed by atoms with Crippen LogP contribution in [0, 0.1) is 0 Å². The van der Waals surface area contributed by atoms with Crippen LogP contribution in [0.25, 0.3) is 10.9 Å². The van der Waals surface area contributed by atoms with Gasteiger partial charge in [-0.3, -0.25) is 10.2 Å². The predicted octanol–water partition coefficient (Wildman–Crippen LogP) is 2.08. The van der Waals surface area contributed by atoms with E-state index in [0.29, 0.717) is 38.3 Å². The van der Waals surface area contributed by atoms with Crippen molar-refractivity contribution in [3.8, 4) is 0 Å². The Morgan fingerprint density at radius 1 is 1.20 bits per heavy atom. The van der Waals surface area contributed by atoms with Crippen molar-refractivity contribution in [3.63, 3.8) is 0 Å². The van der Waals surface area contributed by atoms with Crippen LogP contribution in [0.4, 0.5) is 26.3 Å². The van der Waals surface area contributed by atoms with Crippen molar-refractivity contribution in [1.29, 1.82) is 0 Å². The van der Waals surface area contributed by atoms with E-state index in [1.54, 1.807) is 4.90 Å². The molecule has 0 spiro atoms. The molecule has 1 fully saturated rings. The van der Waals surface area contributed by atoms with Crippen LogP contribution in [0.1, 0.15) is 22.9 Å². The number of aliphatic hydroxyl groups is 2. The molecular formula is C18H20F6N4O2. The molecule has 1 aliphatic rings. The molecule has 0 radical (unpaired) electrons. The van der Waals surface area contributed by atoms with Gasteiger partial charge < -0.3 is 15.5 Å². The van der Waals surface area contributed by atoms with E-state index in [2.05, 4.69) is 15.6 Å². The Labute approximate surface area is 167 Å². The lowest BCUT2D eigenvalue weighted by Crippen LogP contribution is -2.40. The first-order valence-corrected chi connectivity index (χ1v) is 9.11. The maximum Gasteiger partial charge on any atom is 0.433 e. The maximum absolute atomic E-state index is 13.3. The van der Waals surface area contributed by atoms with Crippen LogP contribution in [-0.4, -0.2) is 59.2 Å². The molecule has 0 aliphatic carbocycles. The number of para-hydroxylation sites is 1. The van der Waals surface area contributed by atoms with Crippen LogP contribution >= 0.6 is 0 Å². The molecule has 2 unspecified atom stereocenters. The van der Waals surface area contributed by atoms with Gasteiger partial charge in [0.25, 0.3) is 0 Å². The number of nitrogens with one attached hydrogen (secondary N) is 2. The molecule has 4 N–H and O–H groups in total. The second-order valence-electron chi connectivity index (χ2n) is 6.88. The Hall–Kier alpha value is -1.99. The van der Waals surface area contributed by atoms with Crippen molar-refractivity contribution in [2.24, 2.45) is 0 Å². The lowest BCUT2D eigenvalue weighted by molar-refractivity contribution is -0.142. The summed E-state index contributed by atoms with van der Waals surface area (Å²) < 4.78 is 79.5. The minimum Gasteiger partial charge on any atom is -0.387 e. The summed E-state index contributed by atoms with van der Waals surface area (Å²) in [7, 11) is 0. The third kappa shape index (κ3) is 5.01. The average Bonchev–Trinajstić information content (AvgIpc) is 3.07. The Balaban J connectivity index is 1.86. The summed E-state index contributed by atoms with van der Waals surface area (Å²) >= 11 is 0. The fraction of sp³-hybridized carbons (Fsp3) is 0.500. The number of rotatable bonds is 6. The molecule has 0 saturated carbocycles. The van der Waals surface area contributed by atoms with Gasteiger partial charge >= 0.3 is 12.4 Å². The van der Waals surface area contributed by atoms with E-state index in [-0.39, 0.29) is 17.5 Å². The minimum absolute atomic E-state index is 0.190.